The Bertz CT molecular complexity index is 93.6. The molecular weight excluding hydrogens is 146 g/mol. The highest BCUT2D eigenvalue weighted by atomic mass is 32.2. The van der Waals surface area contributed by atoms with Crippen LogP contribution in [0.3, 0.4) is 0 Å². The summed E-state index contributed by atoms with van der Waals surface area (Å²) in [5.41, 5.74) is 0. The maximum atomic E-state index is 5.33. The highest BCUT2D eigenvalue weighted by Crippen LogP contribution is 2.11. The fraction of sp³-hybridized carbons (Fsp3) is 1.00. The van der Waals surface area contributed by atoms with Gasteiger partial charge in [-0.3, -0.25) is 0 Å². The van der Waals surface area contributed by atoms with E-state index in [0.717, 1.165) is 19.8 Å². The van der Waals surface area contributed by atoms with Gasteiger partial charge in [0.15, 0.2) is 0 Å². The minimum Gasteiger partial charge on any atom is -0.378 e. The molecule has 0 saturated carbocycles. The molecule has 1 fully saturated rings. The van der Waals surface area contributed by atoms with E-state index in [1.54, 1.807) is 0 Å². The Morgan fingerprint density at radius 3 is 3.00 bits per heavy atom. The lowest BCUT2D eigenvalue weighted by atomic mass is 10.2. The average molecular weight is 161 g/mol. The predicted molar refractivity (Wildman–Crippen MR) is 45.6 cm³/mol. The molecule has 1 saturated heterocycles. The largest absolute Gasteiger partial charge is 0.378 e. The van der Waals surface area contributed by atoms with Gasteiger partial charge in [0.05, 0.1) is 13.2 Å². The smallest absolute Gasteiger partial charge is 0.0631 e. The van der Waals surface area contributed by atoms with E-state index in [4.69, 9.17) is 4.74 Å². The first-order chi connectivity index (χ1) is 4.84. The van der Waals surface area contributed by atoms with Crippen molar-refractivity contribution in [3.63, 3.8) is 0 Å². The zero-order valence-electron chi connectivity index (χ0n) is 6.59. The molecule has 1 N–H and O–H groups in total. The van der Waals surface area contributed by atoms with E-state index in [9.17, 15) is 0 Å². The van der Waals surface area contributed by atoms with Gasteiger partial charge in [-0.05, 0) is 6.26 Å². The summed E-state index contributed by atoms with van der Waals surface area (Å²) in [6.07, 6.45) is 2.14. The molecule has 1 aliphatic rings. The number of ether oxygens (including phenoxy) is 1. The predicted octanol–water partition coefficient (Wildman–Crippen LogP) is 0.726. The summed E-state index contributed by atoms with van der Waals surface area (Å²) >= 11 is 1.89. The van der Waals surface area contributed by atoms with Crippen molar-refractivity contribution in [1.29, 1.82) is 0 Å². The Morgan fingerprint density at radius 1 is 1.70 bits per heavy atom. The van der Waals surface area contributed by atoms with Crippen molar-refractivity contribution in [2.45, 2.75) is 18.2 Å². The van der Waals surface area contributed by atoms with E-state index in [1.165, 1.54) is 0 Å². The van der Waals surface area contributed by atoms with Gasteiger partial charge in [-0.1, -0.05) is 6.92 Å². The van der Waals surface area contributed by atoms with E-state index in [-0.39, 0.29) is 0 Å². The Kier molecular flexibility index (Phi) is 3.52. The third kappa shape index (κ3) is 2.15. The number of hydrogen-bond donors (Lipinski definition) is 1. The second-order valence-electron chi connectivity index (χ2n) is 2.58. The Balaban J connectivity index is 2.24. The third-order valence-electron chi connectivity index (χ3n) is 1.89. The monoisotopic (exact) mass is 161 g/mol. The minimum absolute atomic E-state index is 0.559. The zero-order chi connectivity index (χ0) is 7.40. The summed E-state index contributed by atoms with van der Waals surface area (Å²) in [7, 11) is 0. The van der Waals surface area contributed by atoms with Gasteiger partial charge in [-0.25, -0.2) is 0 Å². The number of hydrogen-bond acceptors (Lipinski definition) is 3. The fourth-order valence-corrected chi connectivity index (χ4v) is 1.55. The van der Waals surface area contributed by atoms with Crippen molar-refractivity contribution in [1.82, 2.24) is 5.32 Å². The molecule has 1 heterocycles. The van der Waals surface area contributed by atoms with Gasteiger partial charge in [0.1, 0.15) is 0 Å². The molecule has 0 aromatic carbocycles. The Labute approximate surface area is 66.7 Å². The molecule has 2 atom stereocenters. The van der Waals surface area contributed by atoms with E-state index in [1.807, 2.05) is 11.8 Å². The SMILES string of the molecule is CSC(C)C1COCCN1. The van der Waals surface area contributed by atoms with Crippen molar-refractivity contribution in [3.05, 3.63) is 0 Å². The van der Waals surface area contributed by atoms with Crippen LogP contribution in [0.5, 0.6) is 0 Å². The fourth-order valence-electron chi connectivity index (χ4n) is 1.05. The minimum atomic E-state index is 0.559. The quantitative estimate of drug-likeness (QED) is 0.645. The lowest BCUT2D eigenvalue weighted by Gasteiger charge is -2.27. The molecule has 60 valence electrons. The van der Waals surface area contributed by atoms with Crippen LogP contribution in [0.2, 0.25) is 0 Å². The third-order valence-corrected chi connectivity index (χ3v) is 2.96. The highest BCUT2D eigenvalue weighted by Gasteiger charge is 2.18. The molecule has 1 aliphatic heterocycles. The lowest BCUT2D eigenvalue weighted by Crippen LogP contribution is -2.46. The van der Waals surface area contributed by atoms with Gasteiger partial charge >= 0.3 is 0 Å². The summed E-state index contributed by atoms with van der Waals surface area (Å²) in [5, 5.41) is 4.09. The van der Waals surface area contributed by atoms with E-state index in [2.05, 4.69) is 18.5 Å². The van der Waals surface area contributed by atoms with Crippen molar-refractivity contribution in [2.75, 3.05) is 26.0 Å². The van der Waals surface area contributed by atoms with E-state index < -0.39 is 0 Å². The second kappa shape index (κ2) is 4.21. The normalized spacial score (nSPS) is 30.0. The molecule has 10 heavy (non-hydrogen) atoms. The van der Waals surface area contributed by atoms with E-state index >= 15 is 0 Å². The summed E-state index contributed by atoms with van der Waals surface area (Å²) < 4.78 is 5.33. The molecule has 3 heteroatoms. The summed E-state index contributed by atoms with van der Waals surface area (Å²) in [6.45, 7) is 4.99. The lowest BCUT2D eigenvalue weighted by molar-refractivity contribution is 0.0775. The van der Waals surface area contributed by atoms with Crippen LogP contribution >= 0.6 is 11.8 Å². The summed E-state index contributed by atoms with van der Waals surface area (Å²) in [6, 6.07) is 0.559. The molecule has 2 unspecified atom stereocenters. The highest BCUT2D eigenvalue weighted by molar-refractivity contribution is 7.99. The Morgan fingerprint density at radius 2 is 2.50 bits per heavy atom. The van der Waals surface area contributed by atoms with Gasteiger partial charge in [-0.2, -0.15) is 11.8 Å². The van der Waals surface area contributed by atoms with Crippen LogP contribution < -0.4 is 5.32 Å². The molecular formula is C7H15NOS. The molecule has 2 nitrogen and oxygen atoms in total. The number of morpholine rings is 1. The van der Waals surface area contributed by atoms with Crippen LogP contribution in [-0.4, -0.2) is 37.3 Å². The van der Waals surface area contributed by atoms with Gasteiger partial charge in [0.2, 0.25) is 0 Å². The molecule has 0 amide bonds. The standard InChI is InChI=1S/C7H15NOS/c1-6(10-2)7-5-9-4-3-8-7/h6-8H,3-5H2,1-2H3. The first-order valence-electron chi connectivity index (χ1n) is 3.68. The van der Waals surface area contributed by atoms with Crippen molar-refractivity contribution in [3.8, 4) is 0 Å². The van der Waals surface area contributed by atoms with Crippen molar-refractivity contribution in [2.24, 2.45) is 0 Å². The van der Waals surface area contributed by atoms with Gasteiger partial charge in [0.25, 0.3) is 0 Å². The summed E-state index contributed by atoms with van der Waals surface area (Å²) in [4.78, 5) is 0. The van der Waals surface area contributed by atoms with Crippen molar-refractivity contribution >= 4 is 11.8 Å². The van der Waals surface area contributed by atoms with Crippen LogP contribution in [0.15, 0.2) is 0 Å². The van der Waals surface area contributed by atoms with Gasteiger partial charge in [0, 0.05) is 17.8 Å². The maximum Gasteiger partial charge on any atom is 0.0631 e. The average Bonchev–Trinajstić information content (AvgIpc) is 2.05. The number of thioether (sulfide) groups is 1. The first-order valence-corrected chi connectivity index (χ1v) is 4.97. The molecule has 0 aromatic rings. The molecule has 1 rings (SSSR count). The van der Waals surface area contributed by atoms with Crippen molar-refractivity contribution < 1.29 is 4.74 Å². The maximum absolute atomic E-state index is 5.33. The zero-order valence-corrected chi connectivity index (χ0v) is 7.41. The van der Waals surface area contributed by atoms with E-state index in [0.29, 0.717) is 11.3 Å². The van der Waals surface area contributed by atoms with Crippen LogP contribution in [0.4, 0.5) is 0 Å². The molecule has 0 bridgehead atoms. The summed E-state index contributed by atoms with van der Waals surface area (Å²) in [5.74, 6) is 0. The van der Waals surface area contributed by atoms with Crippen LogP contribution in [0.25, 0.3) is 0 Å². The second-order valence-corrected chi connectivity index (χ2v) is 3.79. The first kappa shape index (κ1) is 8.37. The topological polar surface area (TPSA) is 21.3 Å². The van der Waals surface area contributed by atoms with Crippen LogP contribution in [0, 0.1) is 0 Å². The van der Waals surface area contributed by atoms with Gasteiger partial charge in [-0.15, -0.1) is 0 Å². The Hall–Kier alpha value is 0.270. The molecule has 0 aliphatic carbocycles. The van der Waals surface area contributed by atoms with Crippen LogP contribution in [-0.2, 0) is 4.74 Å². The number of rotatable bonds is 2. The van der Waals surface area contributed by atoms with Gasteiger partial charge < -0.3 is 10.1 Å². The number of nitrogens with one attached hydrogen (secondary N) is 1. The molecule has 0 radical (unpaired) electrons. The molecule has 0 aromatic heterocycles. The molecule has 0 spiro atoms. The van der Waals surface area contributed by atoms with Crippen LogP contribution in [0.1, 0.15) is 6.92 Å².